The zero-order chi connectivity index (χ0) is 41.9. The number of carboxylic acid groups (broad SMARTS) is 1. The van der Waals surface area contributed by atoms with Gasteiger partial charge in [0.05, 0.1) is 43.0 Å². The lowest BCUT2D eigenvalue weighted by Gasteiger charge is -2.29. The van der Waals surface area contributed by atoms with Gasteiger partial charge in [0.2, 0.25) is 5.91 Å². The number of nitrogens with zero attached hydrogens (tertiary/aromatic N) is 4. The molecule has 0 aliphatic carbocycles. The van der Waals surface area contributed by atoms with Crippen LogP contribution in [-0.4, -0.2) is 85.1 Å². The minimum absolute atomic E-state index is 0.190. The molecule has 14 heteroatoms. The maximum atomic E-state index is 13.9. The Morgan fingerprint density at radius 2 is 1.23 bits per heavy atom. The number of rotatable bonds is 11. The van der Waals surface area contributed by atoms with E-state index >= 15 is 0 Å². The molecule has 4 unspecified atom stereocenters. The van der Waals surface area contributed by atoms with Crippen molar-refractivity contribution >= 4 is 34.8 Å². The highest BCUT2D eigenvalue weighted by Crippen LogP contribution is 2.36. The lowest BCUT2D eigenvalue weighted by atomic mass is 9.98. The van der Waals surface area contributed by atoms with Crippen molar-refractivity contribution < 1.29 is 29.0 Å². The first-order valence-electron chi connectivity index (χ1n) is 20.3. The van der Waals surface area contributed by atoms with Gasteiger partial charge in [0.15, 0.2) is 0 Å². The summed E-state index contributed by atoms with van der Waals surface area (Å²) in [6.07, 6.45) is 4.84. The summed E-state index contributed by atoms with van der Waals surface area (Å²) in [5.41, 5.74) is 6.45. The van der Waals surface area contributed by atoms with E-state index in [0.29, 0.717) is 30.3 Å². The van der Waals surface area contributed by atoms with Crippen LogP contribution in [0.4, 0.5) is 9.59 Å². The van der Waals surface area contributed by atoms with Crippen molar-refractivity contribution in [2.24, 2.45) is 5.92 Å². The quantitative estimate of drug-likeness (QED) is 0.0872. The monoisotopic (exact) mass is 808 g/mol. The van der Waals surface area contributed by atoms with Gasteiger partial charge < -0.3 is 40.2 Å². The van der Waals surface area contributed by atoms with Crippen LogP contribution in [0.5, 0.6) is 0 Å². The summed E-state index contributed by atoms with van der Waals surface area (Å²) in [4.78, 5) is 70.8. The number of fused-ring (bicyclic) bond motifs is 1. The second-order valence-electron chi connectivity index (χ2n) is 15.7. The van der Waals surface area contributed by atoms with Crippen LogP contribution in [0.15, 0.2) is 103 Å². The van der Waals surface area contributed by atoms with E-state index < -0.39 is 24.3 Å². The van der Waals surface area contributed by atoms with E-state index in [1.165, 1.54) is 7.11 Å². The molecule has 60 heavy (non-hydrogen) atoms. The molecule has 2 aliphatic heterocycles. The minimum Gasteiger partial charge on any atom is -0.465 e. The van der Waals surface area contributed by atoms with Crippen LogP contribution >= 0.6 is 0 Å². The molecule has 2 fully saturated rings. The van der Waals surface area contributed by atoms with Crippen LogP contribution in [0, 0.1) is 5.92 Å². The lowest BCUT2D eigenvalue weighted by molar-refractivity contribution is -0.135. The Hall–Kier alpha value is -6.96. The average Bonchev–Trinajstić information content (AvgIpc) is 4.11. The average molecular weight is 809 g/mol. The number of nitrogens with one attached hydrogen (secondary N) is 4. The van der Waals surface area contributed by atoms with Gasteiger partial charge >= 0.3 is 12.2 Å². The summed E-state index contributed by atoms with van der Waals surface area (Å²) in [5, 5.41) is 16.6. The van der Waals surface area contributed by atoms with Crippen LogP contribution in [-0.2, 0) is 14.3 Å². The third-order valence-corrected chi connectivity index (χ3v) is 11.6. The van der Waals surface area contributed by atoms with Gasteiger partial charge in [-0.1, -0.05) is 92.7 Å². The number of hydrogen-bond acceptors (Lipinski definition) is 7. The number of amides is 4. The first-order valence-corrected chi connectivity index (χ1v) is 20.3. The van der Waals surface area contributed by atoms with Gasteiger partial charge in [-0.25, -0.2) is 19.6 Å². The molecule has 6 aromatic rings. The number of ether oxygens (including phenoxy) is 1. The number of likely N-dealkylation sites (tertiary alicyclic amines) is 2. The predicted octanol–water partition coefficient (Wildman–Crippen LogP) is 8.00. The molecule has 8 rings (SSSR count). The van der Waals surface area contributed by atoms with Gasteiger partial charge in [-0.2, -0.15) is 0 Å². The standard InChI is InChI=1S/C46H48N8O6/c1-27(2)39(51-45(57)58)43(55)53-21-7-11-37(53)42-48-26-36(50-42)34-20-19-32-23-31(17-18-33(32)24-34)28-13-15-29(16-14-28)35-25-47-41(49-35)38-12-8-22-54(38)44(56)40(52-46(59)60-3)30-9-5-4-6-10-30/h4-6,9-10,13-20,23-27,37-40,51H,7-8,11-12,21-22H2,1-3H3,(H,47,49)(H,48,50)(H,52,59)(H,57,58). The zero-order valence-electron chi connectivity index (χ0n) is 33.7. The molecular formula is C46H48N8O6. The Bertz CT molecular complexity index is 2520. The van der Waals surface area contributed by atoms with Crippen molar-refractivity contribution in [1.29, 1.82) is 0 Å². The summed E-state index contributed by atoms with van der Waals surface area (Å²) in [6, 6.07) is 27.9. The number of aromatic amines is 2. The minimum atomic E-state index is -1.21. The van der Waals surface area contributed by atoms with Crippen molar-refractivity contribution in [3.63, 3.8) is 0 Å². The molecule has 0 spiro atoms. The number of carbonyl (C=O) groups is 4. The molecule has 2 saturated heterocycles. The van der Waals surface area contributed by atoms with Gasteiger partial charge in [0.1, 0.15) is 23.7 Å². The summed E-state index contributed by atoms with van der Waals surface area (Å²) in [7, 11) is 1.28. The maximum Gasteiger partial charge on any atom is 0.407 e. The fourth-order valence-corrected chi connectivity index (χ4v) is 8.47. The van der Waals surface area contributed by atoms with Gasteiger partial charge in [-0.15, -0.1) is 0 Å². The van der Waals surface area contributed by atoms with Crippen LogP contribution in [0.2, 0.25) is 0 Å². The molecule has 4 aromatic carbocycles. The fraction of sp³-hybridized carbons (Fsp3) is 0.304. The van der Waals surface area contributed by atoms with Crippen molar-refractivity contribution in [1.82, 2.24) is 40.4 Å². The number of hydrogen-bond donors (Lipinski definition) is 5. The molecule has 0 radical (unpaired) electrons. The van der Waals surface area contributed by atoms with Gasteiger partial charge in [0.25, 0.3) is 5.91 Å². The van der Waals surface area contributed by atoms with E-state index in [0.717, 1.165) is 70.1 Å². The molecule has 4 atom stereocenters. The number of H-pyrrole nitrogens is 2. The Morgan fingerprint density at radius 3 is 1.82 bits per heavy atom. The predicted molar refractivity (Wildman–Crippen MR) is 226 cm³/mol. The summed E-state index contributed by atoms with van der Waals surface area (Å²) >= 11 is 0. The first kappa shape index (κ1) is 39.8. The zero-order valence-corrected chi connectivity index (χ0v) is 33.7. The molecule has 0 bridgehead atoms. The summed E-state index contributed by atoms with van der Waals surface area (Å²) < 4.78 is 4.83. The number of benzene rings is 4. The molecule has 2 aromatic heterocycles. The van der Waals surface area contributed by atoms with Crippen molar-refractivity contribution in [3.8, 4) is 33.6 Å². The van der Waals surface area contributed by atoms with Crippen LogP contribution in [0.1, 0.15) is 74.9 Å². The SMILES string of the molecule is COC(=O)NC(C(=O)N1CCCC1c1ncc(-c2ccc(-c3ccc4cc(-c5cnc(C6CCCN6C(=O)C(NC(=O)O)C(C)C)[nH]5)ccc4c3)cc2)[nH]1)c1ccccc1. The third kappa shape index (κ3) is 8.17. The Balaban J connectivity index is 0.946. The highest BCUT2D eigenvalue weighted by molar-refractivity contribution is 5.91. The van der Waals surface area contributed by atoms with Crippen molar-refractivity contribution in [2.75, 3.05) is 20.2 Å². The number of methoxy groups -OCH3 is 1. The molecule has 14 nitrogen and oxygen atoms in total. The lowest BCUT2D eigenvalue weighted by Crippen LogP contribution is -2.50. The van der Waals surface area contributed by atoms with E-state index in [4.69, 9.17) is 9.72 Å². The largest absolute Gasteiger partial charge is 0.465 e. The Labute approximate surface area is 347 Å². The normalized spacial score (nSPS) is 17.5. The first-order chi connectivity index (χ1) is 29.1. The van der Waals surface area contributed by atoms with Crippen molar-refractivity contribution in [3.05, 3.63) is 121 Å². The molecule has 2 aliphatic rings. The Morgan fingerprint density at radius 1 is 0.700 bits per heavy atom. The molecule has 4 heterocycles. The number of alkyl carbamates (subject to hydrolysis) is 1. The van der Waals surface area contributed by atoms with Gasteiger partial charge in [0, 0.05) is 18.7 Å². The Kier molecular flexibility index (Phi) is 11.4. The second-order valence-corrected chi connectivity index (χ2v) is 15.7. The summed E-state index contributed by atoms with van der Waals surface area (Å²) in [5.74, 6) is 0.757. The number of imidazole rings is 2. The summed E-state index contributed by atoms with van der Waals surface area (Å²) in [6.45, 7) is 4.77. The van der Waals surface area contributed by atoms with Crippen LogP contribution in [0.3, 0.4) is 0 Å². The van der Waals surface area contributed by atoms with E-state index in [1.54, 1.807) is 22.2 Å². The smallest absolute Gasteiger partial charge is 0.407 e. The molecular weight excluding hydrogens is 761 g/mol. The van der Waals surface area contributed by atoms with E-state index in [1.807, 2.05) is 44.2 Å². The van der Waals surface area contributed by atoms with Gasteiger partial charge in [-0.05, 0) is 76.8 Å². The fourth-order valence-electron chi connectivity index (χ4n) is 8.47. The molecule has 4 amide bonds. The van der Waals surface area contributed by atoms with E-state index in [-0.39, 0.29) is 29.8 Å². The molecule has 308 valence electrons. The second kappa shape index (κ2) is 17.1. The number of carbonyl (C=O) groups excluding carboxylic acids is 3. The third-order valence-electron chi connectivity index (χ3n) is 11.6. The van der Waals surface area contributed by atoms with Crippen LogP contribution < -0.4 is 10.6 Å². The van der Waals surface area contributed by atoms with Crippen molar-refractivity contribution in [2.45, 2.75) is 63.7 Å². The maximum absolute atomic E-state index is 13.9. The molecule has 0 saturated carbocycles. The van der Waals surface area contributed by atoms with E-state index in [9.17, 15) is 24.3 Å². The topological polar surface area (TPSA) is 186 Å². The van der Waals surface area contributed by atoms with Crippen LogP contribution in [0.25, 0.3) is 44.4 Å². The highest BCUT2D eigenvalue weighted by atomic mass is 16.5. The van der Waals surface area contributed by atoms with E-state index in [2.05, 4.69) is 86.2 Å². The molecule has 5 N–H and O–H groups in total. The van der Waals surface area contributed by atoms with Gasteiger partial charge in [-0.3, -0.25) is 9.59 Å². The highest BCUT2D eigenvalue weighted by Gasteiger charge is 2.38. The number of aromatic nitrogens is 4.